The van der Waals surface area contributed by atoms with Crippen LogP contribution in [0.15, 0.2) is 72.0 Å². The minimum atomic E-state index is 0. The summed E-state index contributed by atoms with van der Waals surface area (Å²) in [5.74, 6) is 1.58. The summed E-state index contributed by atoms with van der Waals surface area (Å²) in [6.45, 7) is 1.31. The summed E-state index contributed by atoms with van der Waals surface area (Å²) in [6, 6.07) is 18.0. The predicted molar refractivity (Wildman–Crippen MR) is 119 cm³/mol. The van der Waals surface area contributed by atoms with Crippen molar-refractivity contribution in [3.8, 4) is 11.4 Å². The fourth-order valence-corrected chi connectivity index (χ4v) is 2.55. The van der Waals surface area contributed by atoms with Crippen molar-refractivity contribution in [2.45, 2.75) is 13.1 Å². The quantitative estimate of drug-likeness (QED) is 0.325. The molecule has 0 saturated heterocycles. The van der Waals surface area contributed by atoms with Gasteiger partial charge >= 0.3 is 0 Å². The number of aliphatic imine (C=N–C) groups is 1. The van der Waals surface area contributed by atoms with Crippen LogP contribution in [-0.4, -0.2) is 29.9 Å². The number of aromatic nitrogens is 2. The van der Waals surface area contributed by atoms with Gasteiger partial charge in [0.2, 0.25) is 0 Å². The lowest BCUT2D eigenvalue weighted by Crippen LogP contribution is -2.36. The Bertz CT molecular complexity index is 864. The van der Waals surface area contributed by atoms with Gasteiger partial charge in [0.1, 0.15) is 5.75 Å². The van der Waals surface area contributed by atoms with Gasteiger partial charge in [0.05, 0.1) is 19.0 Å². The zero-order valence-electron chi connectivity index (χ0n) is 15.4. The number of nitrogens with zero attached hydrogens (tertiary/aromatic N) is 3. The Kier molecular flexibility index (Phi) is 8.12. The Labute approximate surface area is 176 Å². The molecular weight excluding hydrogens is 453 g/mol. The first-order valence-corrected chi connectivity index (χ1v) is 8.45. The second-order valence-corrected chi connectivity index (χ2v) is 5.76. The highest BCUT2D eigenvalue weighted by molar-refractivity contribution is 14.0. The molecule has 7 heteroatoms. The highest BCUT2D eigenvalue weighted by atomic mass is 127. The Morgan fingerprint density at radius 1 is 1.04 bits per heavy atom. The van der Waals surface area contributed by atoms with Gasteiger partial charge in [-0.05, 0) is 29.8 Å². The summed E-state index contributed by atoms with van der Waals surface area (Å²) in [7, 11) is 3.43. The second-order valence-electron chi connectivity index (χ2n) is 5.76. The fraction of sp³-hybridized carbons (Fsp3) is 0.200. The van der Waals surface area contributed by atoms with E-state index in [4.69, 9.17) is 4.74 Å². The van der Waals surface area contributed by atoms with E-state index in [9.17, 15) is 0 Å². The lowest BCUT2D eigenvalue weighted by molar-refractivity contribution is 0.414. The maximum atomic E-state index is 5.25. The molecule has 27 heavy (non-hydrogen) atoms. The molecule has 2 aromatic carbocycles. The van der Waals surface area contributed by atoms with E-state index in [-0.39, 0.29) is 24.0 Å². The number of benzene rings is 2. The molecule has 3 aromatic rings. The van der Waals surface area contributed by atoms with Gasteiger partial charge in [0, 0.05) is 31.9 Å². The van der Waals surface area contributed by atoms with Gasteiger partial charge in [-0.1, -0.05) is 30.3 Å². The predicted octanol–water partition coefficient (Wildman–Crippen LogP) is 3.36. The molecule has 0 aliphatic heterocycles. The number of hydrogen-bond acceptors (Lipinski definition) is 3. The Morgan fingerprint density at radius 2 is 1.78 bits per heavy atom. The van der Waals surface area contributed by atoms with Crippen LogP contribution in [0.1, 0.15) is 11.1 Å². The molecule has 0 unspecified atom stereocenters. The summed E-state index contributed by atoms with van der Waals surface area (Å²) >= 11 is 0. The van der Waals surface area contributed by atoms with Gasteiger partial charge < -0.3 is 15.4 Å². The number of ether oxygens (including phenoxy) is 1. The number of hydrogen-bond donors (Lipinski definition) is 2. The SMILES string of the molecule is CN=C(NCc1cccc(OC)c1)NCc1cnn(-c2ccccc2)c1.I. The minimum Gasteiger partial charge on any atom is -0.497 e. The molecule has 0 spiro atoms. The van der Waals surface area contributed by atoms with Crippen molar-refractivity contribution < 1.29 is 4.74 Å². The Hall–Kier alpha value is -2.55. The molecule has 0 bridgehead atoms. The summed E-state index contributed by atoms with van der Waals surface area (Å²) in [5, 5.41) is 11.0. The van der Waals surface area contributed by atoms with Crippen LogP contribution in [0.5, 0.6) is 5.75 Å². The van der Waals surface area contributed by atoms with Crippen molar-refractivity contribution >= 4 is 29.9 Å². The van der Waals surface area contributed by atoms with Crippen molar-refractivity contribution in [2.24, 2.45) is 4.99 Å². The molecule has 1 heterocycles. The topological polar surface area (TPSA) is 63.5 Å². The van der Waals surface area contributed by atoms with Crippen LogP contribution in [0.4, 0.5) is 0 Å². The normalized spacial score (nSPS) is 10.8. The zero-order chi connectivity index (χ0) is 18.2. The van der Waals surface area contributed by atoms with Crippen LogP contribution in [0.25, 0.3) is 5.69 Å². The lowest BCUT2D eigenvalue weighted by Gasteiger charge is -2.11. The number of rotatable bonds is 6. The first-order chi connectivity index (χ1) is 12.8. The molecule has 0 amide bonds. The van der Waals surface area contributed by atoms with Gasteiger partial charge in [-0.2, -0.15) is 5.10 Å². The molecule has 3 rings (SSSR count). The highest BCUT2D eigenvalue weighted by Gasteiger charge is 2.03. The van der Waals surface area contributed by atoms with Crippen LogP contribution < -0.4 is 15.4 Å². The van der Waals surface area contributed by atoms with Gasteiger partial charge in [-0.3, -0.25) is 4.99 Å². The summed E-state index contributed by atoms with van der Waals surface area (Å²) in [4.78, 5) is 4.26. The van der Waals surface area contributed by atoms with Crippen molar-refractivity contribution in [3.63, 3.8) is 0 Å². The molecule has 1 aromatic heterocycles. The monoisotopic (exact) mass is 477 g/mol. The lowest BCUT2D eigenvalue weighted by atomic mass is 10.2. The van der Waals surface area contributed by atoms with Crippen LogP contribution in [-0.2, 0) is 13.1 Å². The van der Waals surface area contributed by atoms with Crippen LogP contribution in [0, 0.1) is 0 Å². The van der Waals surface area contributed by atoms with Crippen LogP contribution >= 0.6 is 24.0 Å². The Morgan fingerprint density at radius 3 is 2.48 bits per heavy atom. The van der Waals surface area contributed by atoms with E-state index in [1.807, 2.05) is 71.7 Å². The maximum absolute atomic E-state index is 5.25. The molecule has 142 valence electrons. The van der Waals surface area contributed by atoms with E-state index in [1.165, 1.54) is 0 Å². The van der Waals surface area contributed by atoms with E-state index in [2.05, 4.69) is 20.7 Å². The number of nitrogens with one attached hydrogen (secondary N) is 2. The van der Waals surface area contributed by atoms with Crippen LogP contribution in [0.2, 0.25) is 0 Å². The molecule has 2 N–H and O–H groups in total. The second kappa shape index (κ2) is 10.6. The van der Waals surface area contributed by atoms with Gasteiger partial charge in [0.25, 0.3) is 0 Å². The summed E-state index contributed by atoms with van der Waals surface area (Å²) < 4.78 is 7.11. The molecule has 0 atom stereocenters. The first kappa shape index (κ1) is 20.8. The van der Waals surface area contributed by atoms with E-state index >= 15 is 0 Å². The van der Waals surface area contributed by atoms with E-state index in [0.29, 0.717) is 13.1 Å². The van der Waals surface area contributed by atoms with Crippen molar-refractivity contribution in [2.75, 3.05) is 14.2 Å². The fourth-order valence-electron chi connectivity index (χ4n) is 2.55. The van der Waals surface area contributed by atoms with E-state index < -0.39 is 0 Å². The van der Waals surface area contributed by atoms with Crippen molar-refractivity contribution in [3.05, 3.63) is 78.1 Å². The third-order valence-electron chi connectivity index (χ3n) is 3.93. The summed E-state index contributed by atoms with van der Waals surface area (Å²) in [5.41, 5.74) is 3.25. The number of methoxy groups -OCH3 is 1. The molecule has 0 saturated carbocycles. The van der Waals surface area contributed by atoms with E-state index in [0.717, 1.165) is 28.5 Å². The largest absolute Gasteiger partial charge is 0.497 e. The van der Waals surface area contributed by atoms with Gasteiger partial charge in [-0.15, -0.1) is 24.0 Å². The van der Waals surface area contributed by atoms with Crippen LogP contribution in [0.3, 0.4) is 0 Å². The Balaban J connectivity index is 0.00000261. The maximum Gasteiger partial charge on any atom is 0.191 e. The average Bonchev–Trinajstić information content (AvgIpc) is 3.18. The highest BCUT2D eigenvalue weighted by Crippen LogP contribution is 2.12. The molecule has 0 fully saturated rings. The number of halogens is 1. The molecule has 0 aliphatic rings. The van der Waals surface area contributed by atoms with E-state index in [1.54, 1.807) is 14.2 Å². The smallest absolute Gasteiger partial charge is 0.191 e. The first-order valence-electron chi connectivity index (χ1n) is 8.45. The third kappa shape index (κ3) is 5.99. The molecule has 0 aliphatic carbocycles. The third-order valence-corrected chi connectivity index (χ3v) is 3.93. The average molecular weight is 477 g/mol. The van der Waals surface area contributed by atoms with Gasteiger partial charge in [0.15, 0.2) is 5.96 Å². The van der Waals surface area contributed by atoms with Crippen molar-refractivity contribution in [1.82, 2.24) is 20.4 Å². The standard InChI is InChI=1S/C20H23N5O.HI/c1-21-20(22-12-16-7-6-10-19(11-16)26-2)23-13-17-14-24-25(15-17)18-8-4-3-5-9-18;/h3-11,14-15H,12-13H2,1-2H3,(H2,21,22,23);1H. The molecular formula is C20H24IN5O. The van der Waals surface area contributed by atoms with Gasteiger partial charge in [-0.25, -0.2) is 4.68 Å². The minimum absolute atomic E-state index is 0. The molecule has 6 nitrogen and oxygen atoms in total. The van der Waals surface area contributed by atoms with Crippen molar-refractivity contribution in [1.29, 1.82) is 0 Å². The number of guanidine groups is 1. The zero-order valence-corrected chi connectivity index (χ0v) is 17.8. The number of para-hydroxylation sites is 1. The summed E-state index contributed by atoms with van der Waals surface area (Å²) in [6.07, 6.45) is 3.87. The molecule has 0 radical (unpaired) electrons.